The van der Waals surface area contributed by atoms with E-state index >= 15 is 0 Å². The Bertz CT molecular complexity index is 916. The maximum absolute atomic E-state index is 12.4. The number of amides is 1. The van der Waals surface area contributed by atoms with Crippen LogP contribution in [0.5, 0.6) is 0 Å². The first kappa shape index (κ1) is 19.8. The molecule has 28 heavy (non-hydrogen) atoms. The van der Waals surface area contributed by atoms with Gasteiger partial charge in [0.15, 0.2) is 0 Å². The van der Waals surface area contributed by atoms with E-state index in [1.165, 1.54) is 11.1 Å². The molecular weight excluding hydrogens is 348 g/mol. The molecular formula is C23H28N4O. The molecule has 0 aliphatic rings. The van der Waals surface area contributed by atoms with Crippen LogP contribution >= 0.6 is 0 Å². The van der Waals surface area contributed by atoms with Crippen molar-refractivity contribution in [2.75, 3.05) is 5.32 Å². The Labute approximate surface area is 166 Å². The van der Waals surface area contributed by atoms with Crippen LogP contribution in [0.1, 0.15) is 43.0 Å². The summed E-state index contributed by atoms with van der Waals surface area (Å²) in [4.78, 5) is 16.5. The summed E-state index contributed by atoms with van der Waals surface area (Å²) in [5, 5.41) is 6.53. The monoisotopic (exact) mass is 376 g/mol. The fourth-order valence-electron chi connectivity index (χ4n) is 3.36. The first-order chi connectivity index (χ1) is 13.4. The standard InChI is InChI=1S/C23H28N4O/c1-16-5-10-22(17(2)13-16)26-23(28)14-18(3)25-19(4)20-6-8-21(9-7-20)27-12-11-24-15-27/h5-13,15,18-19,25H,14H2,1-4H3,(H,26,28)/t18-,19+/m0/s1. The van der Waals surface area contributed by atoms with Gasteiger partial charge in [0.25, 0.3) is 0 Å². The highest BCUT2D eigenvalue weighted by atomic mass is 16.1. The van der Waals surface area contributed by atoms with E-state index < -0.39 is 0 Å². The van der Waals surface area contributed by atoms with Crippen LogP contribution in [-0.4, -0.2) is 21.5 Å². The van der Waals surface area contributed by atoms with Gasteiger partial charge in [-0.25, -0.2) is 4.98 Å². The number of aryl methyl sites for hydroxylation is 2. The summed E-state index contributed by atoms with van der Waals surface area (Å²) in [5.41, 5.74) is 5.42. The summed E-state index contributed by atoms with van der Waals surface area (Å²) in [6.07, 6.45) is 5.90. The molecule has 0 spiro atoms. The van der Waals surface area contributed by atoms with E-state index in [9.17, 15) is 4.79 Å². The van der Waals surface area contributed by atoms with Crippen LogP contribution in [0.2, 0.25) is 0 Å². The molecule has 0 aliphatic heterocycles. The van der Waals surface area contributed by atoms with Gasteiger partial charge in [0.2, 0.25) is 5.91 Å². The molecule has 0 saturated carbocycles. The number of benzene rings is 2. The number of nitrogens with zero attached hydrogens (tertiary/aromatic N) is 2. The van der Waals surface area contributed by atoms with E-state index in [2.05, 4.69) is 52.9 Å². The third kappa shape index (κ3) is 5.08. The Hall–Kier alpha value is -2.92. The van der Waals surface area contributed by atoms with Crippen molar-refractivity contribution in [3.8, 4) is 5.69 Å². The summed E-state index contributed by atoms with van der Waals surface area (Å²) in [7, 11) is 0. The van der Waals surface area contributed by atoms with E-state index in [0.717, 1.165) is 16.9 Å². The molecule has 0 radical (unpaired) electrons. The fraction of sp³-hybridized carbons (Fsp3) is 0.304. The van der Waals surface area contributed by atoms with Crippen LogP contribution in [-0.2, 0) is 4.79 Å². The lowest BCUT2D eigenvalue weighted by Gasteiger charge is -2.21. The second-order valence-corrected chi connectivity index (χ2v) is 7.42. The van der Waals surface area contributed by atoms with Crippen molar-refractivity contribution in [2.24, 2.45) is 0 Å². The zero-order chi connectivity index (χ0) is 20.1. The molecule has 0 saturated heterocycles. The molecule has 1 heterocycles. The quantitative estimate of drug-likeness (QED) is 0.636. The molecule has 3 aromatic rings. The number of imidazole rings is 1. The van der Waals surface area contributed by atoms with E-state index in [0.29, 0.717) is 6.42 Å². The number of carbonyl (C=O) groups excluding carboxylic acids is 1. The summed E-state index contributed by atoms with van der Waals surface area (Å²) >= 11 is 0. The normalized spacial score (nSPS) is 13.1. The van der Waals surface area contributed by atoms with Gasteiger partial charge < -0.3 is 15.2 Å². The number of rotatable bonds is 7. The maximum Gasteiger partial charge on any atom is 0.225 e. The molecule has 2 atom stereocenters. The summed E-state index contributed by atoms with van der Waals surface area (Å²) in [5.74, 6) is 0.0228. The van der Waals surface area contributed by atoms with Gasteiger partial charge in [-0.05, 0) is 57.0 Å². The van der Waals surface area contributed by atoms with Gasteiger partial charge >= 0.3 is 0 Å². The average Bonchev–Trinajstić information content (AvgIpc) is 3.18. The minimum atomic E-state index is 0.0228. The molecule has 0 unspecified atom stereocenters. The zero-order valence-corrected chi connectivity index (χ0v) is 16.9. The summed E-state index contributed by atoms with van der Waals surface area (Å²) < 4.78 is 1.97. The smallest absolute Gasteiger partial charge is 0.225 e. The van der Waals surface area contributed by atoms with Crippen LogP contribution < -0.4 is 10.6 Å². The van der Waals surface area contributed by atoms with Gasteiger partial charge in [-0.1, -0.05) is 29.8 Å². The topological polar surface area (TPSA) is 59.0 Å². The van der Waals surface area contributed by atoms with Crippen LogP contribution in [0, 0.1) is 13.8 Å². The van der Waals surface area contributed by atoms with E-state index in [4.69, 9.17) is 0 Å². The van der Waals surface area contributed by atoms with Crippen molar-refractivity contribution in [2.45, 2.75) is 46.2 Å². The van der Waals surface area contributed by atoms with Crippen LogP contribution in [0.3, 0.4) is 0 Å². The van der Waals surface area contributed by atoms with Crippen LogP contribution in [0.25, 0.3) is 5.69 Å². The molecule has 2 N–H and O–H groups in total. The molecule has 3 rings (SSSR count). The van der Waals surface area contributed by atoms with Crippen molar-refractivity contribution in [1.29, 1.82) is 0 Å². The molecule has 5 heteroatoms. The fourth-order valence-corrected chi connectivity index (χ4v) is 3.36. The molecule has 146 valence electrons. The Balaban J connectivity index is 1.53. The Morgan fingerprint density at radius 1 is 1.11 bits per heavy atom. The SMILES string of the molecule is Cc1ccc(NC(=O)C[C@H](C)N[C@H](C)c2ccc(-n3ccnc3)cc2)c(C)c1. The largest absolute Gasteiger partial charge is 0.326 e. The molecule has 1 amide bonds. The highest BCUT2D eigenvalue weighted by Crippen LogP contribution is 2.18. The maximum atomic E-state index is 12.4. The summed E-state index contributed by atoms with van der Waals surface area (Å²) in [6, 6.07) is 14.6. The third-order valence-electron chi connectivity index (χ3n) is 4.88. The van der Waals surface area contributed by atoms with Crippen molar-refractivity contribution >= 4 is 11.6 Å². The molecule has 2 aromatic carbocycles. The number of hydrogen-bond donors (Lipinski definition) is 2. The van der Waals surface area contributed by atoms with Gasteiger partial charge in [-0.2, -0.15) is 0 Å². The van der Waals surface area contributed by atoms with E-state index in [1.807, 2.05) is 43.7 Å². The lowest BCUT2D eigenvalue weighted by molar-refractivity contribution is -0.116. The lowest BCUT2D eigenvalue weighted by Crippen LogP contribution is -2.32. The number of nitrogens with one attached hydrogen (secondary N) is 2. The molecule has 0 aliphatic carbocycles. The predicted molar refractivity (Wildman–Crippen MR) is 114 cm³/mol. The number of aromatic nitrogens is 2. The number of carbonyl (C=O) groups is 1. The van der Waals surface area contributed by atoms with Crippen LogP contribution in [0.15, 0.2) is 61.2 Å². The van der Waals surface area contributed by atoms with Gasteiger partial charge in [0, 0.05) is 42.3 Å². The number of hydrogen-bond acceptors (Lipinski definition) is 3. The second kappa shape index (κ2) is 8.85. The van der Waals surface area contributed by atoms with Gasteiger partial charge in [0.05, 0.1) is 6.33 Å². The second-order valence-electron chi connectivity index (χ2n) is 7.42. The summed E-state index contributed by atoms with van der Waals surface area (Å²) in [6.45, 7) is 8.22. The van der Waals surface area contributed by atoms with Crippen molar-refractivity contribution in [3.63, 3.8) is 0 Å². The molecule has 1 aromatic heterocycles. The lowest BCUT2D eigenvalue weighted by atomic mass is 10.1. The Morgan fingerprint density at radius 3 is 2.50 bits per heavy atom. The first-order valence-electron chi connectivity index (χ1n) is 9.64. The predicted octanol–water partition coefficient (Wildman–Crippen LogP) is 4.56. The number of anilines is 1. The highest BCUT2D eigenvalue weighted by molar-refractivity contribution is 5.91. The van der Waals surface area contributed by atoms with Gasteiger partial charge in [-0.3, -0.25) is 4.79 Å². The van der Waals surface area contributed by atoms with E-state index in [1.54, 1.807) is 12.5 Å². The Morgan fingerprint density at radius 2 is 1.86 bits per heavy atom. The van der Waals surface area contributed by atoms with Crippen molar-refractivity contribution in [3.05, 3.63) is 77.9 Å². The third-order valence-corrected chi connectivity index (χ3v) is 4.88. The Kier molecular flexibility index (Phi) is 6.26. The van der Waals surface area contributed by atoms with E-state index in [-0.39, 0.29) is 18.0 Å². The highest BCUT2D eigenvalue weighted by Gasteiger charge is 2.14. The molecule has 0 bridgehead atoms. The first-order valence-corrected chi connectivity index (χ1v) is 9.64. The van der Waals surface area contributed by atoms with Crippen LogP contribution in [0.4, 0.5) is 5.69 Å². The average molecular weight is 377 g/mol. The minimum absolute atomic E-state index is 0.0228. The molecule has 5 nitrogen and oxygen atoms in total. The van der Waals surface area contributed by atoms with Crippen molar-refractivity contribution in [1.82, 2.24) is 14.9 Å². The van der Waals surface area contributed by atoms with Gasteiger partial charge in [0.1, 0.15) is 0 Å². The van der Waals surface area contributed by atoms with Crippen molar-refractivity contribution < 1.29 is 4.79 Å². The molecule has 0 fully saturated rings. The van der Waals surface area contributed by atoms with Gasteiger partial charge in [-0.15, -0.1) is 0 Å². The minimum Gasteiger partial charge on any atom is -0.326 e. The zero-order valence-electron chi connectivity index (χ0n) is 16.9.